The summed E-state index contributed by atoms with van der Waals surface area (Å²) >= 11 is 0. The van der Waals surface area contributed by atoms with E-state index in [1.165, 1.54) is 16.7 Å². The zero-order chi connectivity index (χ0) is 23.3. The number of hydrogen-bond donors (Lipinski definition) is 0. The Balaban J connectivity index is 1.96. The first-order valence-corrected chi connectivity index (χ1v) is 12.0. The minimum absolute atomic E-state index is 0.105. The number of carbonyl (C=O) groups is 1. The van der Waals surface area contributed by atoms with Crippen LogP contribution in [-0.2, 0) is 0 Å². The van der Waals surface area contributed by atoms with Crippen molar-refractivity contribution in [1.29, 1.82) is 0 Å². The van der Waals surface area contributed by atoms with Crippen LogP contribution in [0.2, 0.25) is 0 Å². The van der Waals surface area contributed by atoms with Gasteiger partial charge >= 0.3 is 0 Å². The highest BCUT2D eigenvalue weighted by molar-refractivity contribution is 5.94. The molecule has 32 heavy (non-hydrogen) atoms. The molecule has 4 heteroatoms. The third-order valence-corrected chi connectivity index (χ3v) is 6.74. The van der Waals surface area contributed by atoms with Crippen LogP contribution in [0.15, 0.2) is 61.2 Å². The molecule has 2 aromatic rings. The number of benzene rings is 2. The monoisotopic (exact) mass is 433 g/mol. The number of nitrogens with zero attached hydrogens (tertiary/aromatic N) is 3. The van der Waals surface area contributed by atoms with Gasteiger partial charge in [0.2, 0.25) is 0 Å². The molecule has 0 aromatic heterocycles. The minimum atomic E-state index is 0.105. The molecule has 172 valence electrons. The van der Waals surface area contributed by atoms with E-state index in [0.717, 1.165) is 38.3 Å². The minimum Gasteiger partial charge on any atom is -0.339 e. The van der Waals surface area contributed by atoms with Gasteiger partial charge in [-0.3, -0.25) is 14.6 Å². The van der Waals surface area contributed by atoms with E-state index in [2.05, 4.69) is 73.5 Å². The molecule has 1 aliphatic heterocycles. The normalized spacial score (nSPS) is 20.7. The Kier molecular flexibility index (Phi) is 8.27. The Labute approximate surface area is 194 Å². The Morgan fingerprint density at radius 1 is 1.06 bits per heavy atom. The van der Waals surface area contributed by atoms with Crippen molar-refractivity contribution in [3.05, 3.63) is 83.4 Å². The number of rotatable bonds is 8. The number of amides is 1. The van der Waals surface area contributed by atoms with Gasteiger partial charge in [0.05, 0.1) is 6.04 Å². The maximum Gasteiger partial charge on any atom is 0.253 e. The zero-order valence-electron chi connectivity index (χ0n) is 20.4. The van der Waals surface area contributed by atoms with Crippen LogP contribution < -0.4 is 0 Å². The molecule has 1 heterocycles. The summed E-state index contributed by atoms with van der Waals surface area (Å²) in [5, 5.41) is 0. The quantitative estimate of drug-likeness (QED) is 0.539. The largest absolute Gasteiger partial charge is 0.339 e. The van der Waals surface area contributed by atoms with Crippen molar-refractivity contribution < 1.29 is 4.79 Å². The average Bonchev–Trinajstić information content (AvgIpc) is 2.78. The Hall–Kier alpha value is -2.43. The summed E-state index contributed by atoms with van der Waals surface area (Å²) in [5.41, 5.74) is 4.58. The molecule has 3 rings (SSSR count). The standard InChI is InChI=1S/C28H39N3O/c1-7-17-30-19-23(6)31(20-22(30)5)27(26-12-10-11-21(4)18-26)24-13-15-25(16-14-24)28(32)29(8-2)9-3/h7,10-16,18,22-23,27H,1,8-9,17,19-20H2,2-6H3/t22-,23+,27-/m1/s1. The van der Waals surface area contributed by atoms with Gasteiger partial charge < -0.3 is 4.90 Å². The van der Waals surface area contributed by atoms with E-state index in [4.69, 9.17) is 0 Å². The van der Waals surface area contributed by atoms with Gasteiger partial charge in [0, 0.05) is 50.4 Å². The van der Waals surface area contributed by atoms with Gasteiger partial charge in [0.1, 0.15) is 0 Å². The second-order valence-corrected chi connectivity index (χ2v) is 9.05. The first kappa shape index (κ1) is 24.2. The van der Waals surface area contributed by atoms with Crippen molar-refractivity contribution in [2.24, 2.45) is 0 Å². The number of hydrogen-bond acceptors (Lipinski definition) is 3. The van der Waals surface area contributed by atoms with E-state index >= 15 is 0 Å². The van der Waals surface area contributed by atoms with Crippen LogP contribution in [0.1, 0.15) is 60.8 Å². The van der Waals surface area contributed by atoms with Crippen molar-refractivity contribution in [3.63, 3.8) is 0 Å². The van der Waals surface area contributed by atoms with E-state index in [1.54, 1.807) is 0 Å². The van der Waals surface area contributed by atoms with Gasteiger partial charge in [-0.2, -0.15) is 0 Å². The SMILES string of the molecule is C=CCN1C[C@H](C)N([C@H](c2ccc(C(=O)N(CC)CC)cc2)c2cccc(C)c2)C[C@H]1C. The smallest absolute Gasteiger partial charge is 0.253 e. The summed E-state index contributed by atoms with van der Waals surface area (Å²) in [4.78, 5) is 19.8. The fourth-order valence-electron chi connectivity index (χ4n) is 4.92. The molecule has 1 saturated heterocycles. The predicted molar refractivity (Wildman–Crippen MR) is 134 cm³/mol. The predicted octanol–water partition coefficient (Wildman–Crippen LogP) is 5.15. The van der Waals surface area contributed by atoms with Crippen LogP contribution in [0.25, 0.3) is 0 Å². The van der Waals surface area contributed by atoms with E-state index in [9.17, 15) is 4.79 Å². The Bertz CT molecular complexity index is 903. The van der Waals surface area contributed by atoms with Crippen LogP contribution in [0.4, 0.5) is 0 Å². The molecule has 3 atom stereocenters. The molecular weight excluding hydrogens is 394 g/mol. The maximum absolute atomic E-state index is 12.8. The third kappa shape index (κ3) is 5.31. The van der Waals surface area contributed by atoms with Crippen LogP contribution >= 0.6 is 0 Å². The molecule has 1 aliphatic rings. The lowest BCUT2D eigenvalue weighted by atomic mass is 9.92. The second-order valence-electron chi connectivity index (χ2n) is 9.05. The van der Waals surface area contributed by atoms with Gasteiger partial charge in [-0.05, 0) is 57.9 Å². The van der Waals surface area contributed by atoms with E-state index in [1.807, 2.05) is 37.0 Å². The van der Waals surface area contributed by atoms with Crippen LogP contribution in [0.5, 0.6) is 0 Å². The molecule has 0 radical (unpaired) electrons. The third-order valence-electron chi connectivity index (χ3n) is 6.74. The van der Waals surface area contributed by atoms with Crippen molar-refractivity contribution in [2.75, 3.05) is 32.7 Å². The number of aryl methyl sites for hydroxylation is 1. The summed E-state index contributed by atoms with van der Waals surface area (Å²) in [6.07, 6.45) is 2.00. The topological polar surface area (TPSA) is 26.8 Å². The van der Waals surface area contributed by atoms with Crippen molar-refractivity contribution in [1.82, 2.24) is 14.7 Å². The second kappa shape index (κ2) is 10.9. The van der Waals surface area contributed by atoms with Crippen molar-refractivity contribution >= 4 is 5.91 Å². The van der Waals surface area contributed by atoms with E-state index in [-0.39, 0.29) is 11.9 Å². The fourth-order valence-corrected chi connectivity index (χ4v) is 4.92. The Morgan fingerprint density at radius 2 is 1.75 bits per heavy atom. The van der Waals surface area contributed by atoms with Gasteiger partial charge in [0.15, 0.2) is 0 Å². The van der Waals surface area contributed by atoms with Crippen molar-refractivity contribution in [2.45, 2.75) is 52.7 Å². The molecule has 0 N–H and O–H groups in total. The molecule has 1 amide bonds. The van der Waals surface area contributed by atoms with Gasteiger partial charge in [-0.15, -0.1) is 6.58 Å². The average molecular weight is 434 g/mol. The molecule has 0 spiro atoms. The Morgan fingerprint density at radius 3 is 2.34 bits per heavy atom. The highest BCUT2D eigenvalue weighted by atomic mass is 16.2. The molecule has 0 saturated carbocycles. The zero-order valence-corrected chi connectivity index (χ0v) is 20.4. The molecular formula is C28H39N3O. The molecule has 2 aromatic carbocycles. The lowest BCUT2D eigenvalue weighted by Crippen LogP contribution is -2.57. The molecule has 1 fully saturated rings. The summed E-state index contributed by atoms with van der Waals surface area (Å²) < 4.78 is 0. The first-order valence-electron chi connectivity index (χ1n) is 12.0. The van der Waals surface area contributed by atoms with Crippen LogP contribution in [-0.4, -0.2) is 65.4 Å². The highest BCUT2D eigenvalue weighted by Crippen LogP contribution is 2.34. The molecule has 4 nitrogen and oxygen atoms in total. The fraction of sp³-hybridized carbons (Fsp3) is 0.464. The molecule has 0 aliphatic carbocycles. The summed E-state index contributed by atoms with van der Waals surface area (Å²) in [6.45, 7) is 19.2. The van der Waals surface area contributed by atoms with Gasteiger partial charge in [-0.25, -0.2) is 0 Å². The summed E-state index contributed by atoms with van der Waals surface area (Å²) in [6, 6.07) is 18.2. The highest BCUT2D eigenvalue weighted by Gasteiger charge is 2.34. The number of piperazine rings is 1. The lowest BCUT2D eigenvalue weighted by molar-refractivity contribution is 0.0306. The van der Waals surface area contributed by atoms with Crippen LogP contribution in [0, 0.1) is 6.92 Å². The maximum atomic E-state index is 12.8. The van der Waals surface area contributed by atoms with Crippen molar-refractivity contribution in [3.8, 4) is 0 Å². The summed E-state index contributed by atoms with van der Waals surface area (Å²) in [5.74, 6) is 0.105. The van der Waals surface area contributed by atoms with E-state index in [0.29, 0.717) is 12.1 Å². The summed E-state index contributed by atoms with van der Waals surface area (Å²) in [7, 11) is 0. The van der Waals surface area contributed by atoms with Gasteiger partial charge in [-0.1, -0.05) is 48.0 Å². The van der Waals surface area contributed by atoms with E-state index < -0.39 is 0 Å². The molecule has 0 bridgehead atoms. The first-order chi connectivity index (χ1) is 15.4. The van der Waals surface area contributed by atoms with Crippen LogP contribution in [0.3, 0.4) is 0 Å². The number of carbonyl (C=O) groups excluding carboxylic acids is 1. The molecule has 0 unspecified atom stereocenters. The lowest BCUT2D eigenvalue weighted by Gasteiger charge is -2.47. The van der Waals surface area contributed by atoms with Gasteiger partial charge in [0.25, 0.3) is 5.91 Å².